The van der Waals surface area contributed by atoms with Crippen LogP contribution in [-0.4, -0.2) is 22.4 Å². The lowest BCUT2D eigenvalue weighted by Crippen LogP contribution is -2.05. The lowest BCUT2D eigenvalue weighted by Gasteiger charge is -2.02. The number of non-ortho nitro benzene ring substituents is 1. The van der Waals surface area contributed by atoms with E-state index in [9.17, 15) is 25.0 Å². The zero-order valence-corrected chi connectivity index (χ0v) is 10.9. The van der Waals surface area contributed by atoms with Crippen LogP contribution >= 0.6 is 0 Å². The van der Waals surface area contributed by atoms with Gasteiger partial charge in [0, 0.05) is 11.6 Å². The normalized spacial score (nSPS) is 11.0. The summed E-state index contributed by atoms with van der Waals surface area (Å²) < 4.78 is 4.75. The molecule has 1 rings (SSSR count). The van der Waals surface area contributed by atoms with Gasteiger partial charge in [0.2, 0.25) is 0 Å². The lowest BCUT2D eigenvalue weighted by molar-refractivity contribution is -0.394. The number of rotatable bonds is 5. The number of hydrogen-bond acceptors (Lipinski definition) is 6. The van der Waals surface area contributed by atoms with Gasteiger partial charge in [-0.25, -0.2) is 4.79 Å². The predicted octanol–water partition coefficient (Wildman–Crippen LogP) is 2.47. The molecule has 8 heteroatoms. The van der Waals surface area contributed by atoms with Crippen molar-refractivity contribution < 1.29 is 19.4 Å². The van der Waals surface area contributed by atoms with Crippen LogP contribution in [0.3, 0.4) is 0 Å². The van der Waals surface area contributed by atoms with E-state index in [1.54, 1.807) is 6.92 Å². The molecule has 0 aliphatic heterocycles. The molecule has 20 heavy (non-hydrogen) atoms. The molecule has 0 unspecified atom stereocenters. The van der Waals surface area contributed by atoms with E-state index in [1.165, 1.54) is 19.1 Å². The average molecular weight is 280 g/mol. The molecule has 0 bridgehead atoms. The molecule has 8 nitrogen and oxygen atoms in total. The smallest absolute Gasteiger partial charge is 0.333 e. The van der Waals surface area contributed by atoms with Crippen LogP contribution in [0.1, 0.15) is 19.4 Å². The summed E-state index contributed by atoms with van der Waals surface area (Å²) in [7, 11) is 0. The molecule has 0 saturated carbocycles. The van der Waals surface area contributed by atoms with E-state index in [-0.39, 0.29) is 23.4 Å². The maximum Gasteiger partial charge on any atom is 0.333 e. The summed E-state index contributed by atoms with van der Waals surface area (Å²) in [5, 5.41) is 21.5. The second-order valence-electron chi connectivity index (χ2n) is 3.81. The van der Waals surface area contributed by atoms with Gasteiger partial charge >= 0.3 is 5.97 Å². The van der Waals surface area contributed by atoms with Crippen molar-refractivity contribution in [3.05, 3.63) is 49.6 Å². The van der Waals surface area contributed by atoms with Gasteiger partial charge in [-0.15, -0.1) is 0 Å². The van der Waals surface area contributed by atoms with Gasteiger partial charge in [-0.05, 0) is 26.0 Å². The van der Waals surface area contributed by atoms with Crippen molar-refractivity contribution in [3.63, 3.8) is 0 Å². The minimum absolute atomic E-state index is 0.103. The Morgan fingerprint density at radius 2 is 1.95 bits per heavy atom. The van der Waals surface area contributed by atoms with Gasteiger partial charge in [0.1, 0.15) is 0 Å². The van der Waals surface area contributed by atoms with E-state index >= 15 is 0 Å². The van der Waals surface area contributed by atoms with Crippen molar-refractivity contribution >= 4 is 23.4 Å². The highest BCUT2D eigenvalue weighted by molar-refractivity contribution is 5.93. The van der Waals surface area contributed by atoms with Crippen LogP contribution < -0.4 is 0 Å². The van der Waals surface area contributed by atoms with E-state index in [0.717, 1.165) is 12.1 Å². The SMILES string of the molecule is CCOC(=O)C(C)=Cc1ccc([N+](=O)[O-])cc1[N+](=O)[O-]. The maximum absolute atomic E-state index is 11.4. The van der Waals surface area contributed by atoms with Gasteiger partial charge in [0.05, 0.1) is 28.1 Å². The standard InChI is InChI=1S/C12H12N2O6/c1-3-20-12(15)8(2)6-9-4-5-10(13(16)17)7-11(9)14(18)19/h4-7H,3H2,1-2H3. The molecule has 0 fully saturated rings. The fourth-order valence-corrected chi connectivity index (χ4v) is 1.46. The van der Waals surface area contributed by atoms with Crippen molar-refractivity contribution in [3.8, 4) is 0 Å². The third-order valence-corrected chi connectivity index (χ3v) is 2.39. The highest BCUT2D eigenvalue weighted by atomic mass is 16.6. The number of nitro benzene ring substituents is 2. The Morgan fingerprint density at radius 1 is 1.30 bits per heavy atom. The van der Waals surface area contributed by atoms with Gasteiger partial charge in [0.15, 0.2) is 0 Å². The first-order valence-corrected chi connectivity index (χ1v) is 5.65. The number of carbonyl (C=O) groups excluding carboxylic acids is 1. The van der Waals surface area contributed by atoms with Crippen LogP contribution in [0.5, 0.6) is 0 Å². The molecule has 0 N–H and O–H groups in total. The van der Waals surface area contributed by atoms with Gasteiger partial charge in [-0.3, -0.25) is 20.2 Å². The highest BCUT2D eigenvalue weighted by Crippen LogP contribution is 2.26. The van der Waals surface area contributed by atoms with Crippen LogP contribution in [0, 0.1) is 20.2 Å². The lowest BCUT2D eigenvalue weighted by atomic mass is 10.1. The molecule has 0 aromatic heterocycles. The maximum atomic E-state index is 11.4. The minimum Gasteiger partial charge on any atom is -0.463 e. The molecule has 0 spiro atoms. The van der Waals surface area contributed by atoms with E-state index in [0.29, 0.717) is 0 Å². The number of benzene rings is 1. The fraction of sp³-hybridized carbons (Fsp3) is 0.250. The van der Waals surface area contributed by atoms with Gasteiger partial charge in [0.25, 0.3) is 11.4 Å². The molecule has 0 saturated heterocycles. The number of esters is 1. The third-order valence-electron chi connectivity index (χ3n) is 2.39. The molecule has 1 aromatic rings. The largest absolute Gasteiger partial charge is 0.463 e. The van der Waals surface area contributed by atoms with Crippen LogP contribution in [0.15, 0.2) is 23.8 Å². The fourth-order valence-electron chi connectivity index (χ4n) is 1.46. The predicted molar refractivity (Wildman–Crippen MR) is 70.0 cm³/mol. The first kappa shape index (κ1) is 15.3. The second kappa shape index (κ2) is 6.41. The van der Waals surface area contributed by atoms with E-state index in [4.69, 9.17) is 4.74 Å². The molecule has 106 valence electrons. The monoisotopic (exact) mass is 280 g/mol. The molecule has 0 radical (unpaired) electrons. The first-order chi connectivity index (χ1) is 9.36. The zero-order valence-electron chi connectivity index (χ0n) is 10.9. The Labute approximate surface area is 114 Å². The Morgan fingerprint density at radius 3 is 2.45 bits per heavy atom. The van der Waals surface area contributed by atoms with E-state index in [2.05, 4.69) is 0 Å². The quantitative estimate of drug-likeness (QED) is 0.354. The number of hydrogen-bond donors (Lipinski definition) is 0. The van der Waals surface area contributed by atoms with Gasteiger partial charge < -0.3 is 4.74 Å². The molecular formula is C12H12N2O6. The summed E-state index contributed by atoms with van der Waals surface area (Å²) in [6.45, 7) is 3.27. The summed E-state index contributed by atoms with van der Waals surface area (Å²) >= 11 is 0. The molecule has 0 atom stereocenters. The van der Waals surface area contributed by atoms with Crippen molar-refractivity contribution in [1.29, 1.82) is 0 Å². The first-order valence-electron chi connectivity index (χ1n) is 5.65. The van der Waals surface area contributed by atoms with Crippen LogP contribution in [0.25, 0.3) is 6.08 Å². The van der Waals surface area contributed by atoms with Gasteiger partial charge in [-0.2, -0.15) is 0 Å². The molecule has 0 amide bonds. The van der Waals surface area contributed by atoms with Crippen LogP contribution in [-0.2, 0) is 9.53 Å². The zero-order chi connectivity index (χ0) is 15.3. The summed E-state index contributed by atoms with van der Waals surface area (Å²) in [4.78, 5) is 31.5. The Balaban J connectivity index is 3.24. The number of nitro groups is 2. The molecule has 1 aromatic carbocycles. The topological polar surface area (TPSA) is 113 Å². The molecule has 0 heterocycles. The summed E-state index contributed by atoms with van der Waals surface area (Å²) in [6, 6.07) is 3.21. The van der Waals surface area contributed by atoms with Crippen molar-refractivity contribution in [2.24, 2.45) is 0 Å². The Bertz CT molecular complexity index is 594. The minimum atomic E-state index is -0.739. The van der Waals surface area contributed by atoms with E-state index in [1.807, 2.05) is 0 Å². The third kappa shape index (κ3) is 3.61. The van der Waals surface area contributed by atoms with Gasteiger partial charge in [-0.1, -0.05) is 0 Å². The molecule has 0 aliphatic rings. The second-order valence-corrected chi connectivity index (χ2v) is 3.81. The van der Waals surface area contributed by atoms with Crippen molar-refractivity contribution in [1.82, 2.24) is 0 Å². The highest BCUT2D eigenvalue weighted by Gasteiger charge is 2.19. The summed E-state index contributed by atoms with van der Waals surface area (Å²) in [6.07, 6.45) is 1.26. The molecule has 0 aliphatic carbocycles. The van der Waals surface area contributed by atoms with Crippen molar-refractivity contribution in [2.75, 3.05) is 6.61 Å². The van der Waals surface area contributed by atoms with E-state index < -0.39 is 21.5 Å². The number of nitrogens with zero attached hydrogens (tertiary/aromatic N) is 2. The summed E-state index contributed by atoms with van der Waals surface area (Å²) in [5.41, 5.74) is -0.555. The average Bonchev–Trinajstić information content (AvgIpc) is 2.38. The summed E-state index contributed by atoms with van der Waals surface area (Å²) in [5.74, 6) is -0.597. The van der Waals surface area contributed by atoms with Crippen molar-refractivity contribution in [2.45, 2.75) is 13.8 Å². The Hall–Kier alpha value is -2.77. The molecular weight excluding hydrogens is 268 g/mol. The van der Waals surface area contributed by atoms with Crippen LogP contribution in [0.4, 0.5) is 11.4 Å². The van der Waals surface area contributed by atoms with Crippen LogP contribution in [0.2, 0.25) is 0 Å². The Kier molecular flexibility index (Phi) is 4.90. The number of carbonyl (C=O) groups is 1. The number of ether oxygens (including phenoxy) is 1.